The largest absolute Gasteiger partial charge is 0.508 e. The number of aromatic nitrogens is 1. The van der Waals surface area contributed by atoms with Gasteiger partial charge in [-0.3, -0.25) is 24.6 Å². The molecule has 0 radical (unpaired) electrons. The van der Waals surface area contributed by atoms with E-state index in [4.69, 9.17) is 32.7 Å². The number of nitrogens with zero attached hydrogens (tertiary/aromatic N) is 3. The van der Waals surface area contributed by atoms with Crippen molar-refractivity contribution < 1.29 is 51.7 Å². The Labute approximate surface area is 303 Å². The van der Waals surface area contributed by atoms with Crippen molar-refractivity contribution in [3.05, 3.63) is 93.1 Å². The first-order valence-electron chi connectivity index (χ1n) is 15.8. The van der Waals surface area contributed by atoms with E-state index in [-0.39, 0.29) is 29.9 Å². The number of nitrogens with one attached hydrogen (secondary N) is 1. The van der Waals surface area contributed by atoms with Crippen molar-refractivity contribution in [3.63, 3.8) is 0 Å². The molecule has 1 saturated carbocycles. The van der Waals surface area contributed by atoms with Crippen LogP contribution in [0.25, 0.3) is 0 Å². The molecular weight excluding hydrogens is 732 g/mol. The van der Waals surface area contributed by atoms with Crippen LogP contribution in [0.3, 0.4) is 0 Å². The molecule has 2 saturated heterocycles. The van der Waals surface area contributed by atoms with E-state index in [1.165, 1.54) is 31.4 Å². The van der Waals surface area contributed by atoms with Crippen molar-refractivity contribution >= 4 is 58.7 Å². The molecule has 0 spiro atoms. The number of halogens is 5. The number of alkyl halides is 3. The van der Waals surface area contributed by atoms with Crippen molar-refractivity contribution in [2.24, 2.45) is 23.7 Å². The number of imide groups is 4. The van der Waals surface area contributed by atoms with Crippen LogP contribution in [0.5, 0.6) is 11.5 Å². The van der Waals surface area contributed by atoms with Gasteiger partial charge in [-0.25, -0.2) is 9.78 Å². The highest BCUT2D eigenvalue weighted by molar-refractivity contribution is 6.33. The summed E-state index contributed by atoms with van der Waals surface area (Å²) in [5, 5.41) is 11.9. The Morgan fingerprint density at radius 1 is 1.00 bits per heavy atom. The van der Waals surface area contributed by atoms with Gasteiger partial charge in [0.05, 0.1) is 48.0 Å². The number of hydrogen-bond donors (Lipinski definition) is 2. The number of fused-ring (bicyclic) bond motifs is 4. The van der Waals surface area contributed by atoms with Crippen molar-refractivity contribution in [3.8, 4) is 11.5 Å². The number of carbonyl (C=O) groups is 5. The number of anilines is 1. The highest BCUT2D eigenvalue weighted by atomic mass is 35.5. The van der Waals surface area contributed by atoms with Crippen LogP contribution in [0.15, 0.2) is 66.4 Å². The van der Waals surface area contributed by atoms with E-state index in [2.05, 4.69) is 10.4 Å². The van der Waals surface area contributed by atoms with Gasteiger partial charge in [-0.2, -0.15) is 23.1 Å². The maximum absolute atomic E-state index is 15.2. The minimum Gasteiger partial charge on any atom is -0.508 e. The summed E-state index contributed by atoms with van der Waals surface area (Å²) in [4.78, 5) is 73.9. The first-order chi connectivity index (χ1) is 24.6. The first kappa shape index (κ1) is 35.3. The third-order valence-electron chi connectivity index (χ3n) is 10.5. The molecule has 3 heterocycles. The zero-order valence-electron chi connectivity index (χ0n) is 27.1. The van der Waals surface area contributed by atoms with Crippen LogP contribution in [-0.2, 0) is 35.5 Å². The summed E-state index contributed by atoms with van der Waals surface area (Å²) in [6, 6.07) is 11.1. The molecule has 6 unspecified atom stereocenters. The Morgan fingerprint density at radius 3 is 2.33 bits per heavy atom. The number of rotatable bonds is 5. The molecule has 6 atom stereocenters. The Bertz CT molecular complexity index is 2090. The number of phenols is 1. The first-order valence-corrected chi connectivity index (χ1v) is 16.6. The molecule has 2 aliphatic carbocycles. The zero-order chi connectivity index (χ0) is 37.4. The number of pyridine rings is 1. The topological polar surface area (TPSA) is 155 Å². The van der Waals surface area contributed by atoms with Crippen molar-refractivity contribution in [1.29, 1.82) is 0 Å². The minimum atomic E-state index is -4.78. The molecule has 4 aliphatic rings. The predicted molar refractivity (Wildman–Crippen MR) is 176 cm³/mol. The summed E-state index contributed by atoms with van der Waals surface area (Å²) < 4.78 is 50.2. The molecule has 3 fully saturated rings. The monoisotopic (exact) mass is 758 g/mol. The Kier molecular flexibility index (Phi) is 8.49. The average molecular weight is 760 g/mol. The van der Waals surface area contributed by atoms with Crippen LogP contribution in [0.1, 0.15) is 35.4 Å². The Morgan fingerprint density at radius 2 is 1.71 bits per heavy atom. The number of amides is 5. The van der Waals surface area contributed by atoms with Crippen molar-refractivity contribution in [1.82, 2.24) is 14.9 Å². The van der Waals surface area contributed by atoms with Gasteiger partial charge in [0.1, 0.15) is 11.5 Å². The number of hydrazine groups is 1. The van der Waals surface area contributed by atoms with Gasteiger partial charge in [0, 0.05) is 28.8 Å². The van der Waals surface area contributed by atoms with Crippen molar-refractivity contribution in [2.75, 3.05) is 19.6 Å². The molecule has 17 heteroatoms. The fraction of sp³-hybridized carbons (Fsp3) is 0.314. The quantitative estimate of drug-likeness (QED) is 0.238. The van der Waals surface area contributed by atoms with Crippen LogP contribution in [-0.4, -0.2) is 63.9 Å². The van der Waals surface area contributed by atoms with Crippen LogP contribution < -0.4 is 10.2 Å². The summed E-state index contributed by atoms with van der Waals surface area (Å²) in [5.41, 5.74) is 0.418. The van der Waals surface area contributed by atoms with Crippen LogP contribution in [0.4, 0.5) is 23.8 Å². The smallest absolute Gasteiger partial charge is 0.423 e. The van der Waals surface area contributed by atoms with Gasteiger partial charge in [0.15, 0.2) is 5.82 Å². The van der Waals surface area contributed by atoms with Gasteiger partial charge < -0.3 is 14.6 Å². The highest BCUT2D eigenvalue weighted by Gasteiger charge is 2.71. The number of ether oxygens (including phenoxy) is 2. The molecular formula is C35H27Cl2F3N4O8. The van der Waals surface area contributed by atoms with E-state index in [0.717, 1.165) is 7.11 Å². The predicted octanol–water partition coefficient (Wildman–Crippen LogP) is 5.87. The van der Waals surface area contributed by atoms with Crippen LogP contribution in [0, 0.1) is 23.7 Å². The van der Waals surface area contributed by atoms with E-state index in [0.29, 0.717) is 38.3 Å². The lowest BCUT2D eigenvalue weighted by Gasteiger charge is -2.50. The molecule has 12 nitrogen and oxygen atoms in total. The lowest BCUT2D eigenvalue weighted by molar-refractivity contribution is -0.140. The molecule has 1 aromatic heterocycles. The number of aromatic hydroxyl groups is 1. The number of allylic oxidation sites excluding steroid dienone is 2. The molecule has 5 amide bonds. The summed E-state index contributed by atoms with van der Waals surface area (Å²) in [6.07, 6.45) is -3.95. The maximum Gasteiger partial charge on any atom is 0.423 e. The lowest BCUT2D eigenvalue weighted by Crippen LogP contribution is -2.53. The van der Waals surface area contributed by atoms with Gasteiger partial charge in [-0.15, -0.1) is 0 Å². The standard InChI is InChI=1S/C35H27Cl2F3N4O8/c1-51-18-7-8-20(25(45)12-18)27-19-9-10-21-26(31(48)43(29(21)46)33(50)52-2)22(19)13-23-30(47)44(32(49)34(23,27)15-3-5-17(36)6-4-15)42-28-24(37)11-16(14-41-28)35(38,39)40/h3-9,11-12,14,21-23,26-27,45H,10,13H2,1-2H3,(H,41,42). The summed E-state index contributed by atoms with van der Waals surface area (Å²) in [6.45, 7) is 0. The number of hydrogen-bond acceptors (Lipinski definition) is 10. The van der Waals surface area contributed by atoms with Crippen LogP contribution in [0.2, 0.25) is 10.0 Å². The van der Waals surface area contributed by atoms with E-state index in [1.54, 1.807) is 24.3 Å². The second-order valence-corrected chi connectivity index (χ2v) is 13.7. The summed E-state index contributed by atoms with van der Waals surface area (Å²) in [7, 11) is 2.42. The van der Waals surface area contributed by atoms with Gasteiger partial charge in [-0.05, 0) is 48.6 Å². The van der Waals surface area contributed by atoms with Gasteiger partial charge in [0.25, 0.3) is 11.8 Å². The summed E-state index contributed by atoms with van der Waals surface area (Å²) in [5.74, 6) is -9.29. The third-order valence-corrected chi connectivity index (χ3v) is 11.0. The molecule has 2 N–H and O–H groups in total. The number of methoxy groups -OCH3 is 2. The van der Waals surface area contributed by atoms with E-state index in [1.807, 2.05) is 0 Å². The lowest BCUT2D eigenvalue weighted by atomic mass is 9.49. The molecule has 270 valence electrons. The number of likely N-dealkylation sites (tertiary alicyclic amines) is 1. The third kappa shape index (κ3) is 5.11. The van der Waals surface area contributed by atoms with Crippen LogP contribution >= 0.6 is 23.2 Å². The van der Waals surface area contributed by atoms with Crippen molar-refractivity contribution in [2.45, 2.75) is 30.4 Å². The van der Waals surface area contributed by atoms with E-state index < -0.39 is 87.3 Å². The summed E-state index contributed by atoms with van der Waals surface area (Å²) >= 11 is 12.5. The SMILES string of the molecule is COC(=O)N1C(=O)C2CC=C3C(CC4C(=O)N(Nc5ncc(C(F)(F)F)cc5Cl)C(=O)C4(c4ccc(Cl)cc4)C3c3ccc(OC)cc3O)C2C1=O. The Balaban J connectivity index is 1.45. The molecule has 52 heavy (non-hydrogen) atoms. The van der Waals surface area contributed by atoms with E-state index >= 15 is 4.79 Å². The van der Waals surface area contributed by atoms with Gasteiger partial charge in [-0.1, -0.05) is 53.1 Å². The number of phenolic OH excluding ortho intramolecular Hbond substituents is 1. The maximum atomic E-state index is 15.2. The molecule has 0 bridgehead atoms. The second kappa shape index (κ2) is 12.5. The second-order valence-electron chi connectivity index (χ2n) is 12.8. The van der Waals surface area contributed by atoms with Gasteiger partial charge >= 0.3 is 12.3 Å². The zero-order valence-corrected chi connectivity index (χ0v) is 28.6. The molecule has 3 aromatic rings. The average Bonchev–Trinajstić information content (AvgIpc) is 3.49. The van der Waals surface area contributed by atoms with E-state index in [9.17, 15) is 37.5 Å². The molecule has 2 aromatic carbocycles. The number of carbonyl (C=O) groups excluding carboxylic acids is 5. The Hall–Kier alpha value is -5.15. The highest BCUT2D eigenvalue weighted by Crippen LogP contribution is 2.65. The minimum absolute atomic E-state index is 0.0153. The van der Waals surface area contributed by atoms with Gasteiger partial charge in [0.2, 0.25) is 11.8 Å². The fourth-order valence-electron chi connectivity index (χ4n) is 8.29. The normalized spacial score (nSPS) is 26.8. The number of benzene rings is 2. The molecule has 7 rings (SSSR count). The fourth-order valence-corrected chi connectivity index (χ4v) is 8.63. The molecule has 2 aliphatic heterocycles.